The van der Waals surface area contributed by atoms with Gasteiger partial charge in [0, 0.05) is 21.6 Å². The summed E-state index contributed by atoms with van der Waals surface area (Å²) in [5.74, 6) is -3.10. The van der Waals surface area contributed by atoms with E-state index < -0.39 is 36.2 Å². The zero-order chi connectivity index (χ0) is 23.4. The van der Waals surface area contributed by atoms with Crippen molar-refractivity contribution in [1.82, 2.24) is 10.4 Å². The van der Waals surface area contributed by atoms with Crippen LogP contribution in [0.15, 0.2) is 40.9 Å². The maximum absolute atomic E-state index is 12.4. The molecule has 2 aromatic rings. The number of hydrogen-bond acceptors (Lipinski definition) is 5. The molecule has 0 radical (unpaired) electrons. The van der Waals surface area contributed by atoms with Gasteiger partial charge in [0.1, 0.15) is 0 Å². The van der Waals surface area contributed by atoms with Crippen LogP contribution >= 0.6 is 39.1 Å². The lowest BCUT2D eigenvalue weighted by atomic mass is 10.1. The zero-order valence-corrected chi connectivity index (χ0v) is 19.9. The predicted octanol–water partition coefficient (Wildman–Crippen LogP) is 3.74. The highest BCUT2D eigenvalue weighted by molar-refractivity contribution is 9.10. The number of carbonyl (C=O) groups excluding carboxylic acids is 4. The van der Waals surface area contributed by atoms with Crippen LogP contribution in [0.25, 0.3) is 0 Å². The molecule has 1 atom stereocenters. The second-order valence-corrected chi connectivity index (χ2v) is 8.79. The summed E-state index contributed by atoms with van der Waals surface area (Å²) < 4.78 is 5.95. The lowest BCUT2D eigenvalue weighted by molar-refractivity contribution is -0.151. The Morgan fingerprint density at radius 3 is 2.62 bits per heavy atom. The van der Waals surface area contributed by atoms with Crippen LogP contribution in [0.5, 0.6) is 0 Å². The van der Waals surface area contributed by atoms with Crippen LogP contribution in [0.4, 0.5) is 5.69 Å². The third kappa shape index (κ3) is 5.99. The molecule has 1 saturated heterocycles. The number of amides is 3. The number of ether oxygens (including phenoxy) is 1. The molecular weight excluding hydrogens is 525 g/mol. The molecule has 1 aliphatic heterocycles. The fourth-order valence-corrected chi connectivity index (χ4v) is 3.75. The Hall–Kier alpha value is -2.62. The summed E-state index contributed by atoms with van der Waals surface area (Å²) in [6.45, 7) is 1.30. The predicted molar refractivity (Wildman–Crippen MR) is 122 cm³/mol. The van der Waals surface area contributed by atoms with E-state index in [1.165, 1.54) is 18.2 Å². The van der Waals surface area contributed by atoms with E-state index in [0.29, 0.717) is 10.7 Å². The lowest BCUT2D eigenvalue weighted by Crippen LogP contribution is -2.43. The Morgan fingerprint density at radius 2 is 1.94 bits per heavy atom. The van der Waals surface area contributed by atoms with Crippen LogP contribution in [-0.4, -0.2) is 41.9 Å². The minimum atomic E-state index is -0.814. The third-order valence-electron chi connectivity index (χ3n) is 4.66. The molecule has 2 N–H and O–H groups in total. The molecule has 11 heteroatoms. The van der Waals surface area contributed by atoms with Crippen molar-refractivity contribution in [3.8, 4) is 0 Å². The van der Waals surface area contributed by atoms with Crippen molar-refractivity contribution in [2.45, 2.75) is 13.3 Å². The minimum absolute atomic E-state index is 0.0812. The number of benzene rings is 2. The van der Waals surface area contributed by atoms with Gasteiger partial charge in [0.2, 0.25) is 5.91 Å². The van der Waals surface area contributed by atoms with Gasteiger partial charge in [-0.05, 0) is 48.9 Å². The van der Waals surface area contributed by atoms with Gasteiger partial charge in [-0.1, -0.05) is 39.1 Å². The van der Waals surface area contributed by atoms with Gasteiger partial charge in [0.25, 0.3) is 11.8 Å². The molecule has 1 heterocycles. The SMILES string of the molecule is Cc1cc(NC(=O)COC(=O)[C@@H]2CC(=O)N(NC(=O)c3ccc(Cl)cc3Cl)C2)ccc1Br. The molecule has 1 fully saturated rings. The highest BCUT2D eigenvalue weighted by Crippen LogP contribution is 2.23. The van der Waals surface area contributed by atoms with E-state index >= 15 is 0 Å². The highest BCUT2D eigenvalue weighted by Gasteiger charge is 2.37. The van der Waals surface area contributed by atoms with Crippen molar-refractivity contribution in [2.24, 2.45) is 5.92 Å². The molecule has 32 heavy (non-hydrogen) atoms. The monoisotopic (exact) mass is 541 g/mol. The summed E-state index contributed by atoms with van der Waals surface area (Å²) in [6, 6.07) is 9.60. The fraction of sp³-hybridized carbons (Fsp3) is 0.238. The van der Waals surface area contributed by atoms with E-state index in [-0.39, 0.29) is 23.6 Å². The van der Waals surface area contributed by atoms with Gasteiger partial charge in [-0.15, -0.1) is 0 Å². The third-order valence-corrected chi connectivity index (χ3v) is 6.10. The molecule has 1 aliphatic rings. The van der Waals surface area contributed by atoms with Crippen LogP contribution in [0.1, 0.15) is 22.3 Å². The van der Waals surface area contributed by atoms with Crippen LogP contribution in [0.2, 0.25) is 10.0 Å². The average molecular weight is 543 g/mol. The second-order valence-electron chi connectivity index (χ2n) is 7.09. The number of nitrogens with zero attached hydrogens (tertiary/aromatic N) is 1. The number of halogens is 3. The first-order chi connectivity index (χ1) is 15.1. The molecule has 2 aromatic carbocycles. The molecule has 3 amide bonds. The first-order valence-corrected chi connectivity index (χ1v) is 11.0. The Bertz CT molecular complexity index is 1100. The first-order valence-electron chi connectivity index (χ1n) is 9.43. The van der Waals surface area contributed by atoms with Gasteiger partial charge in [0.05, 0.1) is 23.0 Å². The average Bonchev–Trinajstić information content (AvgIpc) is 3.09. The summed E-state index contributed by atoms with van der Waals surface area (Å²) in [4.78, 5) is 48.9. The van der Waals surface area contributed by atoms with Gasteiger partial charge < -0.3 is 10.1 Å². The minimum Gasteiger partial charge on any atom is -0.455 e. The van der Waals surface area contributed by atoms with Crippen molar-refractivity contribution in [2.75, 3.05) is 18.5 Å². The van der Waals surface area contributed by atoms with Gasteiger partial charge in [0.15, 0.2) is 6.61 Å². The molecule has 0 aromatic heterocycles. The number of esters is 1. The van der Waals surface area contributed by atoms with Gasteiger partial charge in [-0.3, -0.25) is 29.6 Å². The number of aryl methyl sites for hydroxylation is 1. The molecule has 8 nitrogen and oxygen atoms in total. The molecule has 0 spiro atoms. The largest absolute Gasteiger partial charge is 0.455 e. The van der Waals surface area contributed by atoms with Gasteiger partial charge >= 0.3 is 5.97 Å². The van der Waals surface area contributed by atoms with E-state index in [2.05, 4.69) is 26.7 Å². The number of rotatable bonds is 6. The van der Waals surface area contributed by atoms with Crippen molar-refractivity contribution >= 4 is 68.5 Å². The van der Waals surface area contributed by atoms with E-state index in [1.54, 1.807) is 18.2 Å². The first kappa shape index (κ1) is 24.0. The number of hydrogen-bond donors (Lipinski definition) is 2. The van der Waals surface area contributed by atoms with Crippen molar-refractivity contribution in [1.29, 1.82) is 0 Å². The maximum Gasteiger partial charge on any atom is 0.311 e. The van der Waals surface area contributed by atoms with E-state index in [0.717, 1.165) is 15.0 Å². The quantitative estimate of drug-likeness (QED) is 0.541. The molecule has 0 aliphatic carbocycles. The van der Waals surface area contributed by atoms with Crippen molar-refractivity contribution in [3.63, 3.8) is 0 Å². The lowest BCUT2D eigenvalue weighted by Gasteiger charge is -2.18. The Kier molecular flexibility index (Phi) is 7.76. The standard InChI is InChI=1S/C21H18BrCl2N3O5/c1-11-6-14(3-5-16(11)22)25-18(28)10-32-21(31)12-7-19(29)27(9-12)26-20(30)15-4-2-13(23)8-17(15)24/h2-6,8,12H,7,9-10H2,1H3,(H,25,28)(H,26,30)/t12-/m1/s1. The van der Waals surface area contributed by atoms with Crippen molar-refractivity contribution < 1.29 is 23.9 Å². The van der Waals surface area contributed by atoms with E-state index in [4.69, 9.17) is 27.9 Å². The van der Waals surface area contributed by atoms with Crippen molar-refractivity contribution in [3.05, 3.63) is 62.0 Å². The van der Waals surface area contributed by atoms with Gasteiger partial charge in [-0.25, -0.2) is 0 Å². The topological polar surface area (TPSA) is 105 Å². The molecule has 0 saturated carbocycles. The Morgan fingerprint density at radius 1 is 1.19 bits per heavy atom. The summed E-state index contributed by atoms with van der Waals surface area (Å²) in [5, 5.41) is 4.16. The molecule has 168 valence electrons. The molecule has 3 rings (SSSR count). The maximum atomic E-state index is 12.4. The summed E-state index contributed by atoms with van der Waals surface area (Å²) in [5.41, 5.74) is 4.06. The van der Waals surface area contributed by atoms with Crippen LogP contribution < -0.4 is 10.7 Å². The zero-order valence-electron chi connectivity index (χ0n) is 16.8. The van der Waals surface area contributed by atoms with E-state index in [1.807, 2.05) is 6.92 Å². The number of carbonyl (C=O) groups is 4. The fourth-order valence-electron chi connectivity index (χ4n) is 3.00. The van der Waals surface area contributed by atoms with Gasteiger partial charge in [-0.2, -0.15) is 0 Å². The molecular formula is C21H18BrCl2N3O5. The van der Waals surface area contributed by atoms with Crippen LogP contribution in [0, 0.1) is 12.8 Å². The normalized spacial score (nSPS) is 15.4. The summed E-state index contributed by atoms with van der Waals surface area (Å²) in [7, 11) is 0. The second kappa shape index (κ2) is 10.3. The molecule has 0 bridgehead atoms. The van der Waals surface area contributed by atoms with E-state index in [9.17, 15) is 19.2 Å². The number of nitrogens with one attached hydrogen (secondary N) is 2. The highest BCUT2D eigenvalue weighted by atomic mass is 79.9. The molecule has 0 unspecified atom stereocenters. The summed E-state index contributed by atoms with van der Waals surface area (Å²) in [6.07, 6.45) is -0.152. The number of hydrazine groups is 1. The Labute approximate surface area is 202 Å². The smallest absolute Gasteiger partial charge is 0.311 e. The number of anilines is 1. The van der Waals surface area contributed by atoms with Crippen LogP contribution in [0.3, 0.4) is 0 Å². The summed E-state index contributed by atoms with van der Waals surface area (Å²) >= 11 is 15.2. The van der Waals surface area contributed by atoms with Crippen LogP contribution in [-0.2, 0) is 19.1 Å². The Balaban J connectivity index is 1.50.